The highest BCUT2D eigenvalue weighted by Crippen LogP contribution is 2.41. The molecule has 1 aliphatic rings. The molecule has 1 aromatic heterocycles. The maximum atomic E-state index is 15.8. The Labute approximate surface area is 208 Å². The second-order valence-corrected chi connectivity index (χ2v) is 9.88. The van der Waals surface area contributed by atoms with Gasteiger partial charge in [-0.3, -0.25) is 4.98 Å². The van der Waals surface area contributed by atoms with Crippen LogP contribution < -0.4 is 10.5 Å². The smallest absolute Gasteiger partial charge is 0.126 e. The van der Waals surface area contributed by atoms with Crippen LogP contribution in [-0.4, -0.2) is 48.3 Å². The van der Waals surface area contributed by atoms with Gasteiger partial charge in [-0.15, -0.1) is 0 Å². The first-order valence-electron chi connectivity index (χ1n) is 12.7. The Morgan fingerprint density at radius 3 is 2.63 bits per heavy atom. The Morgan fingerprint density at radius 1 is 1.17 bits per heavy atom. The predicted octanol–water partition coefficient (Wildman–Crippen LogP) is 5.20. The van der Waals surface area contributed by atoms with Gasteiger partial charge in [-0.05, 0) is 92.9 Å². The number of aliphatic hydroxyl groups excluding tert-OH is 1. The molecule has 0 unspecified atom stereocenters. The average molecular weight is 480 g/mol. The van der Waals surface area contributed by atoms with Crippen molar-refractivity contribution in [1.82, 2.24) is 9.88 Å². The van der Waals surface area contributed by atoms with Gasteiger partial charge < -0.3 is 20.5 Å². The summed E-state index contributed by atoms with van der Waals surface area (Å²) in [6, 6.07) is 16.1. The summed E-state index contributed by atoms with van der Waals surface area (Å²) in [7, 11) is 1.60. The molecule has 0 aliphatic carbocycles. The quantitative estimate of drug-likeness (QED) is 0.396. The molecule has 1 atom stereocenters. The topological polar surface area (TPSA) is 71.6 Å². The van der Waals surface area contributed by atoms with Crippen molar-refractivity contribution >= 4 is 10.9 Å². The van der Waals surface area contributed by atoms with Crippen molar-refractivity contribution in [3.05, 3.63) is 71.4 Å². The number of rotatable bonds is 11. The number of methoxy groups -OCH3 is 1. The fourth-order valence-electron chi connectivity index (χ4n) is 5.36. The van der Waals surface area contributed by atoms with Crippen LogP contribution in [-0.2, 0) is 13.0 Å². The third-order valence-corrected chi connectivity index (χ3v) is 7.70. The van der Waals surface area contributed by atoms with Crippen LogP contribution >= 0.6 is 0 Å². The average Bonchev–Trinajstić information content (AvgIpc) is 2.92. The van der Waals surface area contributed by atoms with Gasteiger partial charge in [-0.25, -0.2) is 4.39 Å². The lowest BCUT2D eigenvalue weighted by Gasteiger charge is -2.41. The van der Waals surface area contributed by atoms with Gasteiger partial charge in [-0.2, -0.15) is 0 Å². The maximum absolute atomic E-state index is 15.8. The summed E-state index contributed by atoms with van der Waals surface area (Å²) in [6.45, 7) is 3.31. The third kappa shape index (κ3) is 6.18. The summed E-state index contributed by atoms with van der Waals surface area (Å²) in [4.78, 5) is 6.94. The Balaban J connectivity index is 1.36. The zero-order chi connectivity index (χ0) is 24.7. The number of hydrogen-bond acceptors (Lipinski definition) is 5. The van der Waals surface area contributed by atoms with E-state index >= 15 is 4.39 Å². The van der Waals surface area contributed by atoms with Crippen molar-refractivity contribution in [2.75, 3.05) is 33.4 Å². The van der Waals surface area contributed by atoms with E-state index in [0.717, 1.165) is 61.8 Å². The minimum Gasteiger partial charge on any atom is -0.497 e. The first-order valence-corrected chi connectivity index (χ1v) is 12.7. The monoisotopic (exact) mass is 479 g/mol. The molecule has 0 saturated carbocycles. The largest absolute Gasteiger partial charge is 0.497 e. The molecule has 1 aliphatic heterocycles. The summed E-state index contributed by atoms with van der Waals surface area (Å²) in [5.41, 5.74) is 9.19. The molecular formula is C29H38FN3O2. The number of nitrogens with zero attached hydrogens (tertiary/aromatic N) is 2. The van der Waals surface area contributed by atoms with Gasteiger partial charge in [0.1, 0.15) is 11.9 Å². The zero-order valence-electron chi connectivity index (χ0n) is 20.8. The molecule has 3 N–H and O–H groups in total. The van der Waals surface area contributed by atoms with Crippen molar-refractivity contribution in [1.29, 1.82) is 0 Å². The van der Waals surface area contributed by atoms with Gasteiger partial charge in [0.15, 0.2) is 0 Å². The lowest BCUT2D eigenvalue weighted by Crippen LogP contribution is -2.42. The van der Waals surface area contributed by atoms with Gasteiger partial charge in [0.05, 0.1) is 12.6 Å². The van der Waals surface area contributed by atoms with E-state index < -0.39 is 6.17 Å². The highest BCUT2D eigenvalue weighted by Gasteiger charge is 2.35. The van der Waals surface area contributed by atoms with E-state index in [1.54, 1.807) is 13.3 Å². The SMILES string of the molecule is COc1ccc2ncc(CN)c([C@H](F)CCC3(CO)CCN(CCCc4ccccc4)CC3)c2c1. The first-order chi connectivity index (χ1) is 17.1. The molecule has 0 spiro atoms. The van der Waals surface area contributed by atoms with E-state index in [1.807, 2.05) is 18.2 Å². The number of halogens is 1. The van der Waals surface area contributed by atoms with Crippen molar-refractivity contribution in [2.45, 2.75) is 51.2 Å². The molecule has 1 fully saturated rings. The lowest BCUT2D eigenvalue weighted by molar-refractivity contribution is 0.0300. The molecule has 0 radical (unpaired) electrons. The normalized spacial score (nSPS) is 16.9. The van der Waals surface area contributed by atoms with Gasteiger partial charge >= 0.3 is 0 Å². The summed E-state index contributed by atoms with van der Waals surface area (Å²) in [5.74, 6) is 0.674. The van der Waals surface area contributed by atoms with Crippen LogP contribution in [0.3, 0.4) is 0 Å². The number of likely N-dealkylation sites (tertiary alicyclic amines) is 1. The molecule has 4 rings (SSSR count). The van der Waals surface area contributed by atoms with Crippen LogP contribution in [0, 0.1) is 5.41 Å². The van der Waals surface area contributed by atoms with Crippen LogP contribution in [0.1, 0.15) is 55.0 Å². The predicted molar refractivity (Wildman–Crippen MR) is 139 cm³/mol. The minimum absolute atomic E-state index is 0.103. The number of pyridine rings is 1. The molecule has 0 amide bonds. The molecule has 6 heteroatoms. The van der Waals surface area contributed by atoms with E-state index in [2.05, 4.69) is 40.2 Å². The second kappa shape index (κ2) is 11.9. The Morgan fingerprint density at radius 2 is 1.94 bits per heavy atom. The van der Waals surface area contributed by atoms with E-state index in [1.165, 1.54) is 5.56 Å². The van der Waals surface area contributed by atoms with Crippen LogP contribution in [0.2, 0.25) is 0 Å². The van der Waals surface area contributed by atoms with Gasteiger partial charge in [0.2, 0.25) is 0 Å². The fraction of sp³-hybridized carbons (Fsp3) is 0.483. The molecule has 0 bridgehead atoms. The standard InChI is InChI=1S/C29H38FN3O2/c1-35-24-9-10-27-25(18-24)28(23(19-31)20-32-27)26(30)11-12-29(21-34)13-16-33(17-14-29)15-5-8-22-6-3-2-4-7-22/h2-4,6-7,9-10,18,20,26,34H,5,8,11-17,19,21,31H2,1H3/t26-/m1/s1. The number of hydrogen-bond donors (Lipinski definition) is 2. The Kier molecular flexibility index (Phi) is 8.71. The van der Waals surface area contributed by atoms with Crippen LogP contribution in [0.25, 0.3) is 10.9 Å². The van der Waals surface area contributed by atoms with Crippen molar-refractivity contribution < 1.29 is 14.2 Å². The number of aryl methyl sites for hydroxylation is 1. The van der Waals surface area contributed by atoms with Crippen molar-refractivity contribution in [2.24, 2.45) is 11.1 Å². The number of fused-ring (bicyclic) bond motifs is 1. The number of aromatic nitrogens is 1. The summed E-state index contributed by atoms with van der Waals surface area (Å²) >= 11 is 0. The van der Waals surface area contributed by atoms with E-state index in [9.17, 15) is 5.11 Å². The van der Waals surface area contributed by atoms with Gasteiger partial charge in [-0.1, -0.05) is 30.3 Å². The number of ether oxygens (including phenoxy) is 1. The molecule has 2 heterocycles. The number of piperidine rings is 1. The summed E-state index contributed by atoms with van der Waals surface area (Å²) in [6.07, 6.45) is 5.54. The number of benzene rings is 2. The van der Waals surface area contributed by atoms with E-state index in [-0.39, 0.29) is 18.6 Å². The van der Waals surface area contributed by atoms with Crippen molar-refractivity contribution in [3.63, 3.8) is 0 Å². The Bertz CT molecular complexity index is 1080. The third-order valence-electron chi connectivity index (χ3n) is 7.70. The summed E-state index contributed by atoms with van der Waals surface area (Å²) < 4.78 is 21.2. The molecular weight excluding hydrogens is 441 g/mol. The number of alkyl halides is 1. The van der Waals surface area contributed by atoms with E-state index in [4.69, 9.17) is 10.5 Å². The number of aliphatic hydroxyl groups is 1. The molecule has 1 saturated heterocycles. The zero-order valence-corrected chi connectivity index (χ0v) is 20.8. The van der Waals surface area contributed by atoms with Crippen LogP contribution in [0.5, 0.6) is 5.75 Å². The van der Waals surface area contributed by atoms with Crippen LogP contribution in [0.15, 0.2) is 54.7 Å². The highest BCUT2D eigenvalue weighted by atomic mass is 19.1. The van der Waals surface area contributed by atoms with Crippen LogP contribution in [0.4, 0.5) is 4.39 Å². The van der Waals surface area contributed by atoms with Gasteiger partial charge in [0, 0.05) is 30.3 Å². The summed E-state index contributed by atoms with van der Waals surface area (Å²) in [5, 5.41) is 11.0. The van der Waals surface area contributed by atoms with Crippen molar-refractivity contribution in [3.8, 4) is 5.75 Å². The molecule has 188 valence electrons. The maximum Gasteiger partial charge on any atom is 0.126 e. The molecule has 2 aromatic carbocycles. The van der Waals surface area contributed by atoms with E-state index in [0.29, 0.717) is 24.2 Å². The first kappa shape index (κ1) is 25.5. The number of nitrogens with two attached hydrogens (primary N) is 1. The highest BCUT2D eigenvalue weighted by molar-refractivity contribution is 5.85. The fourth-order valence-corrected chi connectivity index (χ4v) is 5.36. The minimum atomic E-state index is -1.17. The molecule has 35 heavy (non-hydrogen) atoms. The molecule has 3 aromatic rings. The lowest BCUT2D eigenvalue weighted by atomic mass is 9.74. The van der Waals surface area contributed by atoms with Gasteiger partial charge in [0.25, 0.3) is 0 Å². The Hall–Kier alpha value is -2.54. The second-order valence-electron chi connectivity index (χ2n) is 9.88. The molecule has 5 nitrogen and oxygen atoms in total.